The minimum Gasteiger partial charge on any atom is -0.323 e. The molecule has 0 fully saturated rings. The molecule has 0 amide bonds. The van der Waals surface area contributed by atoms with Crippen LogP contribution < -0.4 is 5.73 Å². The van der Waals surface area contributed by atoms with Crippen molar-refractivity contribution in [3.05, 3.63) is 29.6 Å². The molecule has 1 heterocycles. The van der Waals surface area contributed by atoms with E-state index < -0.39 is 26.9 Å². The van der Waals surface area contributed by atoms with Gasteiger partial charge in [-0.1, -0.05) is 6.92 Å². The molecule has 0 aromatic heterocycles. The lowest BCUT2D eigenvalue weighted by Gasteiger charge is -2.11. The third kappa shape index (κ3) is 1.38. The van der Waals surface area contributed by atoms with Crippen LogP contribution in [0.1, 0.15) is 24.9 Å². The van der Waals surface area contributed by atoms with Crippen LogP contribution in [0.5, 0.6) is 0 Å². The highest BCUT2D eigenvalue weighted by Gasteiger charge is 2.41. The molecule has 0 spiro atoms. The first-order valence-corrected chi connectivity index (χ1v) is 6.32. The number of halogens is 1. The van der Waals surface area contributed by atoms with Crippen molar-refractivity contribution in [1.82, 2.24) is 0 Å². The van der Waals surface area contributed by atoms with Gasteiger partial charge in [0.1, 0.15) is 5.82 Å². The summed E-state index contributed by atoms with van der Waals surface area (Å²) in [5.41, 5.74) is 6.20. The van der Waals surface area contributed by atoms with E-state index in [0.717, 1.165) is 6.07 Å². The molecule has 2 atom stereocenters. The Kier molecular flexibility index (Phi) is 2.31. The second kappa shape index (κ2) is 3.28. The molecular formula is C10H12FNO2S. The first kappa shape index (κ1) is 10.6. The maximum absolute atomic E-state index is 13.0. The Morgan fingerprint density at radius 3 is 2.73 bits per heavy atom. The Labute approximate surface area is 88.0 Å². The summed E-state index contributed by atoms with van der Waals surface area (Å²) in [5.74, 6) is -0.448. The van der Waals surface area contributed by atoms with Gasteiger partial charge in [0.05, 0.1) is 10.1 Å². The average molecular weight is 229 g/mol. The Balaban J connectivity index is 2.68. The number of fused-ring (bicyclic) bond motifs is 1. The van der Waals surface area contributed by atoms with E-state index in [0.29, 0.717) is 12.0 Å². The van der Waals surface area contributed by atoms with Crippen LogP contribution in [0.15, 0.2) is 23.1 Å². The second-order valence-electron chi connectivity index (χ2n) is 3.70. The number of hydrogen-bond acceptors (Lipinski definition) is 3. The van der Waals surface area contributed by atoms with Crippen molar-refractivity contribution in [1.29, 1.82) is 0 Å². The van der Waals surface area contributed by atoms with E-state index in [1.165, 1.54) is 12.1 Å². The van der Waals surface area contributed by atoms with Crippen LogP contribution >= 0.6 is 0 Å². The van der Waals surface area contributed by atoms with Crippen LogP contribution in [-0.2, 0) is 9.84 Å². The van der Waals surface area contributed by atoms with Gasteiger partial charge >= 0.3 is 0 Å². The summed E-state index contributed by atoms with van der Waals surface area (Å²) in [5, 5.41) is -0.616. The van der Waals surface area contributed by atoms with Crippen LogP contribution in [-0.4, -0.2) is 13.7 Å². The standard InChI is InChI=1S/C10H12FNO2S/c1-2-8-10(12)7-5-6(11)3-4-9(7)15(8,13)14/h3-5,8,10H,2,12H2,1H3. The van der Waals surface area contributed by atoms with Gasteiger partial charge in [0.2, 0.25) is 0 Å². The smallest absolute Gasteiger partial charge is 0.183 e. The quantitative estimate of drug-likeness (QED) is 0.740. The topological polar surface area (TPSA) is 60.2 Å². The van der Waals surface area contributed by atoms with Gasteiger partial charge in [0.25, 0.3) is 0 Å². The van der Waals surface area contributed by atoms with E-state index in [2.05, 4.69) is 0 Å². The van der Waals surface area contributed by atoms with Gasteiger partial charge in [0, 0.05) is 6.04 Å². The van der Waals surface area contributed by atoms with Gasteiger partial charge in [-0.2, -0.15) is 0 Å². The zero-order valence-corrected chi connectivity index (χ0v) is 9.09. The van der Waals surface area contributed by atoms with Gasteiger partial charge in [-0.05, 0) is 30.2 Å². The zero-order valence-electron chi connectivity index (χ0n) is 8.27. The molecule has 0 aliphatic carbocycles. The molecule has 2 rings (SSSR count). The molecule has 0 saturated carbocycles. The normalized spacial score (nSPS) is 27.7. The maximum atomic E-state index is 13.0. The van der Waals surface area contributed by atoms with E-state index in [9.17, 15) is 12.8 Å². The minimum atomic E-state index is -3.35. The van der Waals surface area contributed by atoms with Crippen LogP contribution in [0, 0.1) is 5.82 Å². The summed E-state index contributed by atoms with van der Waals surface area (Å²) in [7, 11) is -3.35. The lowest BCUT2D eigenvalue weighted by molar-refractivity contribution is 0.566. The van der Waals surface area contributed by atoms with E-state index in [1.54, 1.807) is 6.92 Å². The van der Waals surface area contributed by atoms with Crippen molar-refractivity contribution < 1.29 is 12.8 Å². The molecule has 82 valence electrons. The molecular weight excluding hydrogens is 217 g/mol. The first-order chi connectivity index (χ1) is 6.98. The Bertz CT molecular complexity index is 498. The lowest BCUT2D eigenvalue weighted by Crippen LogP contribution is -2.25. The summed E-state index contributed by atoms with van der Waals surface area (Å²) in [6, 6.07) is 3.06. The first-order valence-electron chi connectivity index (χ1n) is 4.77. The van der Waals surface area contributed by atoms with E-state index >= 15 is 0 Å². The summed E-state index contributed by atoms with van der Waals surface area (Å²) < 4.78 is 36.8. The second-order valence-corrected chi connectivity index (χ2v) is 5.83. The third-order valence-corrected chi connectivity index (χ3v) is 5.25. The minimum absolute atomic E-state index is 0.184. The fourth-order valence-corrected chi connectivity index (χ4v) is 4.15. The lowest BCUT2D eigenvalue weighted by atomic mass is 10.0. The highest BCUT2D eigenvalue weighted by molar-refractivity contribution is 7.92. The Hall–Kier alpha value is -0.940. The average Bonchev–Trinajstić information content (AvgIpc) is 2.34. The molecule has 1 aliphatic rings. The van der Waals surface area contributed by atoms with Crippen molar-refractivity contribution in [2.75, 3.05) is 0 Å². The summed E-state index contributed by atoms with van der Waals surface area (Å²) in [6.45, 7) is 1.77. The third-order valence-electron chi connectivity index (χ3n) is 2.84. The molecule has 1 aliphatic heterocycles. The maximum Gasteiger partial charge on any atom is 0.183 e. The predicted molar refractivity (Wildman–Crippen MR) is 54.6 cm³/mol. The van der Waals surface area contributed by atoms with Crippen molar-refractivity contribution >= 4 is 9.84 Å². The van der Waals surface area contributed by atoms with Crippen molar-refractivity contribution in [3.63, 3.8) is 0 Å². The van der Waals surface area contributed by atoms with E-state index in [1.807, 2.05) is 0 Å². The molecule has 1 aromatic rings. The van der Waals surface area contributed by atoms with Gasteiger partial charge in [-0.3, -0.25) is 0 Å². The fraction of sp³-hybridized carbons (Fsp3) is 0.400. The van der Waals surface area contributed by atoms with Crippen LogP contribution in [0.2, 0.25) is 0 Å². The van der Waals surface area contributed by atoms with E-state index in [-0.39, 0.29) is 4.90 Å². The molecule has 3 nitrogen and oxygen atoms in total. The fourth-order valence-electron chi connectivity index (χ4n) is 2.07. The van der Waals surface area contributed by atoms with Crippen LogP contribution in [0.25, 0.3) is 0 Å². The predicted octanol–water partition coefficient (Wildman–Crippen LogP) is 1.39. The Morgan fingerprint density at radius 2 is 2.13 bits per heavy atom. The molecule has 1 aromatic carbocycles. The van der Waals surface area contributed by atoms with E-state index in [4.69, 9.17) is 5.73 Å². The van der Waals surface area contributed by atoms with Crippen molar-refractivity contribution in [2.24, 2.45) is 5.73 Å². The Morgan fingerprint density at radius 1 is 1.47 bits per heavy atom. The number of sulfone groups is 1. The monoisotopic (exact) mass is 229 g/mol. The number of nitrogens with two attached hydrogens (primary N) is 1. The van der Waals surface area contributed by atoms with Crippen LogP contribution in [0.3, 0.4) is 0 Å². The molecule has 0 saturated heterocycles. The SMILES string of the molecule is CCC1C(N)c2cc(F)ccc2S1(=O)=O. The molecule has 0 bridgehead atoms. The summed E-state index contributed by atoms with van der Waals surface area (Å²) >= 11 is 0. The summed E-state index contributed by atoms with van der Waals surface area (Å²) in [6.07, 6.45) is 0.444. The number of hydrogen-bond donors (Lipinski definition) is 1. The zero-order chi connectivity index (χ0) is 11.2. The van der Waals surface area contributed by atoms with Crippen LogP contribution in [0.4, 0.5) is 4.39 Å². The molecule has 2 unspecified atom stereocenters. The molecule has 2 N–H and O–H groups in total. The number of rotatable bonds is 1. The van der Waals surface area contributed by atoms with Crippen molar-refractivity contribution in [3.8, 4) is 0 Å². The highest BCUT2D eigenvalue weighted by atomic mass is 32.2. The summed E-state index contributed by atoms with van der Waals surface area (Å²) in [4.78, 5) is 0.184. The number of benzene rings is 1. The molecule has 0 radical (unpaired) electrons. The molecule has 15 heavy (non-hydrogen) atoms. The van der Waals surface area contributed by atoms with Gasteiger partial charge < -0.3 is 5.73 Å². The highest BCUT2D eigenvalue weighted by Crippen LogP contribution is 2.39. The largest absolute Gasteiger partial charge is 0.323 e. The van der Waals surface area contributed by atoms with Gasteiger partial charge in [-0.15, -0.1) is 0 Å². The van der Waals surface area contributed by atoms with Gasteiger partial charge in [0.15, 0.2) is 9.84 Å². The van der Waals surface area contributed by atoms with Gasteiger partial charge in [-0.25, -0.2) is 12.8 Å². The molecule has 5 heteroatoms. The van der Waals surface area contributed by atoms with Crippen molar-refractivity contribution in [2.45, 2.75) is 29.5 Å².